The molecule has 0 saturated carbocycles. The predicted molar refractivity (Wildman–Crippen MR) is 98.0 cm³/mol. The molecule has 5 nitrogen and oxygen atoms in total. The summed E-state index contributed by atoms with van der Waals surface area (Å²) < 4.78 is 5.75. The second-order valence-electron chi connectivity index (χ2n) is 5.89. The number of amides is 1. The van der Waals surface area contributed by atoms with Crippen LogP contribution in [0.15, 0.2) is 42.5 Å². The van der Waals surface area contributed by atoms with Gasteiger partial charge >= 0.3 is 0 Å². The predicted octanol–water partition coefficient (Wildman–Crippen LogP) is 3.02. The van der Waals surface area contributed by atoms with E-state index in [2.05, 4.69) is 27.3 Å². The number of morpholine rings is 1. The van der Waals surface area contributed by atoms with Crippen molar-refractivity contribution in [1.82, 2.24) is 15.2 Å². The summed E-state index contributed by atoms with van der Waals surface area (Å²) in [5, 5.41) is 3.33. The largest absolute Gasteiger partial charge is 0.374 e. The molecule has 1 aromatic carbocycles. The molecule has 1 unspecified atom stereocenters. The monoisotopic (exact) mass is 379 g/mol. The lowest BCUT2D eigenvalue weighted by Gasteiger charge is -2.33. The second kappa shape index (κ2) is 8.63. The van der Waals surface area contributed by atoms with Crippen LogP contribution >= 0.6 is 23.2 Å². The average Bonchev–Trinajstić information content (AvgIpc) is 2.63. The Morgan fingerprint density at radius 1 is 1.24 bits per heavy atom. The number of carbonyl (C=O) groups is 1. The van der Waals surface area contributed by atoms with Crippen LogP contribution < -0.4 is 5.32 Å². The van der Waals surface area contributed by atoms with E-state index < -0.39 is 0 Å². The molecule has 1 atom stereocenters. The van der Waals surface area contributed by atoms with Gasteiger partial charge in [-0.3, -0.25) is 9.69 Å². The van der Waals surface area contributed by atoms with Crippen molar-refractivity contribution in [2.45, 2.75) is 12.6 Å². The van der Waals surface area contributed by atoms with Crippen molar-refractivity contribution in [3.63, 3.8) is 0 Å². The zero-order valence-electron chi connectivity index (χ0n) is 13.6. The van der Waals surface area contributed by atoms with Gasteiger partial charge in [-0.2, -0.15) is 0 Å². The topological polar surface area (TPSA) is 54.5 Å². The lowest BCUT2D eigenvalue weighted by Crippen LogP contribution is -2.47. The maximum atomic E-state index is 12.2. The molecule has 2 aromatic rings. The summed E-state index contributed by atoms with van der Waals surface area (Å²) >= 11 is 11.8. The van der Waals surface area contributed by atoms with Gasteiger partial charge in [0.2, 0.25) is 0 Å². The molecule has 7 heteroatoms. The van der Waals surface area contributed by atoms with E-state index >= 15 is 0 Å². The summed E-state index contributed by atoms with van der Waals surface area (Å²) in [6.07, 6.45) is -0.0700. The van der Waals surface area contributed by atoms with Gasteiger partial charge < -0.3 is 10.1 Å². The van der Waals surface area contributed by atoms with E-state index in [1.807, 2.05) is 18.2 Å². The zero-order chi connectivity index (χ0) is 17.6. The Morgan fingerprint density at radius 2 is 2.04 bits per heavy atom. The van der Waals surface area contributed by atoms with Gasteiger partial charge in [0.05, 0.1) is 17.7 Å². The zero-order valence-corrected chi connectivity index (χ0v) is 15.1. The van der Waals surface area contributed by atoms with E-state index in [0.717, 1.165) is 19.6 Å². The van der Waals surface area contributed by atoms with Gasteiger partial charge in [0.25, 0.3) is 5.91 Å². The molecule has 1 aliphatic heterocycles. The van der Waals surface area contributed by atoms with Gasteiger partial charge in [0.15, 0.2) is 0 Å². The molecule has 1 fully saturated rings. The Morgan fingerprint density at radius 3 is 2.84 bits per heavy atom. The number of hydrogen-bond donors (Lipinski definition) is 1. The third-order valence-corrected chi connectivity index (χ3v) is 4.50. The van der Waals surface area contributed by atoms with E-state index in [0.29, 0.717) is 13.2 Å². The molecule has 1 aliphatic rings. The molecule has 1 aromatic heterocycles. The van der Waals surface area contributed by atoms with E-state index in [9.17, 15) is 4.79 Å². The fourth-order valence-corrected chi connectivity index (χ4v) is 3.10. The minimum Gasteiger partial charge on any atom is -0.374 e. The molecular weight excluding hydrogens is 361 g/mol. The molecule has 2 heterocycles. The Kier molecular flexibility index (Phi) is 6.26. The van der Waals surface area contributed by atoms with Crippen LogP contribution in [0.2, 0.25) is 10.2 Å². The summed E-state index contributed by atoms with van der Waals surface area (Å²) in [7, 11) is 0. The summed E-state index contributed by atoms with van der Waals surface area (Å²) in [6, 6.07) is 13.4. The standard InChI is InChI=1S/C18H19Cl2N3O2/c19-15-6-7-16(20)22-17(15)18(24)21-10-14-12-23(8-9-25-14)11-13-4-2-1-3-5-13/h1-7,14H,8-12H2,(H,21,24). The van der Waals surface area contributed by atoms with Gasteiger partial charge in [-0.25, -0.2) is 4.98 Å². The number of hydrogen-bond acceptors (Lipinski definition) is 4. The number of aromatic nitrogens is 1. The van der Waals surface area contributed by atoms with E-state index in [4.69, 9.17) is 27.9 Å². The van der Waals surface area contributed by atoms with Crippen molar-refractivity contribution >= 4 is 29.1 Å². The molecule has 0 aliphatic carbocycles. The minimum absolute atomic E-state index is 0.0700. The van der Waals surface area contributed by atoms with Crippen LogP contribution in [-0.4, -0.2) is 48.1 Å². The van der Waals surface area contributed by atoms with Gasteiger partial charge in [-0.05, 0) is 17.7 Å². The second-order valence-corrected chi connectivity index (χ2v) is 6.68. The number of nitrogens with one attached hydrogen (secondary N) is 1. The first kappa shape index (κ1) is 18.1. The Bertz CT molecular complexity index is 728. The fraction of sp³-hybridized carbons (Fsp3) is 0.333. The van der Waals surface area contributed by atoms with E-state index in [1.165, 1.54) is 5.56 Å². The lowest BCUT2D eigenvalue weighted by atomic mass is 10.2. The summed E-state index contributed by atoms with van der Waals surface area (Å²) in [5.74, 6) is -0.351. The van der Waals surface area contributed by atoms with Crippen molar-refractivity contribution in [3.05, 3.63) is 63.9 Å². The molecular formula is C18H19Cl2N3O2. The summed E-state index contributed by atoms with van der Waals surface area (Å²) in [6.45, 7) is 3.54. The van der Waals surface area contributed by atoms with Gasteiger partial charge in [0, 0.05) is 26.2 Å². The minimum atomic E-state index is -0.351. The maximum Gasteiger partial charge on any atom is 0.271 e. The van der Waals surface area contributed by atoms with Gasteiger partial charge in [-0.15, -0.1) is 0 Å². The van der Waals surface area contributed by atoms with Crippen LogP contribution in [0.5, 0.6) is 0 Å². The SMILES string of the molecule is O=C(NCC1CN(Cc2ccccc2)CCO1)c1nc(Cl)ccc1Cl. The van der Waals surface area contributed by atoms with Crippen LogP contribution in [0.25, 0.3) is 0 Å². The van der Waals surface area contributed by atoms with Gasteiger partial charge in [0.1, 0.15) is 10.8 Å². The summed E-state index contributed by atoms with van der Waals surface area (Å²) in [4.78, 5) is 18.5. The van der Waals surface area contributed by atoms with Crippen molar-refractivity contribution < 1.29 is 9.53 Å². The summed E-state index contributed by atoms with van der Waals surface area (Å²) in [5.41, 5.74) is 1.40. The van der Waals surface area contributed by atoms with Crippen LogP contribution in [0.1, 0.15) is 16.1 Å². The molecule has 0 radical (unpaired) electrons. The Balaban J connectivity index is 1.52. The van der Waals surface area contributed by atoms with Crippen LogP contribution in [-0.2, 0) is 11.3 Å². The number of nitrogens with zero attached hydrogens (tertiary/aromatic N) is 2. The first-order valence-electron chi connectivity index (χ1n) is 8.10. The van der Waals surface area contributed by atoms with Crippen molar-refractivity contribution in [2.75, 3.05) is 26.2 Å². The highest BCUT2D eigenvalue weighted by atomic mass is 35.5. The molecule has 1 N–H and O–H groups in total. The van der Waals surface area contributed by atoms with Gasteiger partial charge in [-0.1, -0.05) is 53.5 Å². The molecule has 25 heavy (non-hydrogen) atoms. The highest BCUT2D eigenvalue weighted by Crippen LogP contribution is 2.17. The third-order valence-electron chi connectivity index (χ3n) is 3.99. The number of halogens is 2. The normalized spacial score (nSPS) is 18.1. The Hall–Kier alpha value is -1.66. The van der Waals surface area contributed by atoms with Crippen molar-refractivity contribution in [1.29, 1.82) is 0 Å². The molecule has 1 amide bonds. The number of ether oxygens (including phenoxy) is 1. The lowest BCUT2D eigenvalue weighted by molar-refractivity contribution is -0.0292. The molecule has 0 spiro atoms. The first-order valence-corrected chi connectivity index (χ1v) is 8.85. The molecule has 0 bridgehead atoms. The van der Waals surface area contributed by atoms with Crippen LogP contribution in [0.4, 0.5) is 0 Å². The van der Waals surface area contributed by atoms with Crippen LogP contribution in [0, 0.1) is 0 Å². The number of carbonyl (C=O) groups excluding carboxylic acids is 1. The number of benzene rings is 1. The molecule has 1 saturated heterocycles. The highest BCUT2D eigenvalue weighted by molar-refractivity contribution is 6.34. The molecule has 3 rings (SSSR count). The maximum absolute atomic E-state index is 12.2. The highest BCUT2D eigenvalue weighted by Gasteiger charge is 2.22. The molecule has 132 valence electrons. The number of rotatable bonds is 5. The first-order chi connectivity index (χ1) is 12.1. The van der Waals surface area contributed by atoms with Crippen molar-refractivity contribution in [3.8, 4) is 0 Å². The third kappa shape index (κ3) is 5.16. The number of pyridine rings is 1. The van der Waals surface area contributed by atoms with E-state index in [-0.39, 0.29) is 27.9 Å². The van der Waals surface area contributed by atoms with Crippen molar-refractivity contribution in [2.24, 2.45) is 0 Å². The fourth-order valence-electron chi connectivity index (χ4n) is 2.76. The smallest absolute Gasteiger partial charge is 0.271 e. The quantitative estimate of drug-likeness (QED) is 0.811. The van der Waals surface area contributed by atoms with Crippen LogP contribution in [0.3, 0.4) is 0 Å². The van der Waals surface area contributed by atoms with E-state index in [1.54, 1.807) is 12.1 Å². The Labute approximate surface area is 156 Å². The average molecular weight is 380 g/mol.